The van der Waals surface area contributed by atoms with E-state index in [1.807, 2.05) is 18.2 Å². The maximum absolute atomic E-state index is 9.04. The summed E-state index contributed by atoms with van der Waals surface area (Å²) in [6.07, 6.45) is 2.79. The van der Waals surface area contributed by atoms with E-state index in [1.54, 1.807) is 12.1 Å². The first kappa shape index (κ1) is 11.8. The van der Waals surface area contributed by atoms with Gasteiger partial charge in [0.05, 0.1) is 16.7 Å². The molecule has 0 bridgehead atoms. The molecule has 0 aromatic heterocycles. The van der Waals surface area contributed by atoms with Gasteiger partial charge in [-0.15, -0.1) is 0 Å². The molecular weight excluding hydrogens is 198 g/mol. The summed E-state index contributed by atoms with van der Waals surface area (Å²) in [5.74, 6) is 0. The highest BCUT2D eigenvalue weighted by Gasteiger charge is 2.12. The Balaban J connectivity index is 3.30. The Hall–Kier alpha value is -2.31. The average Bonchev–Trinajstić information content (AvgIpc) is 2.34. The summed E-state index contributed by atoms with van der Waals surface area (Å²) in [5.41, 5.74) is 1.70. The molecule has 0 aliphatic heterocycles. The Bertz CT molecular complexity index is 510. The zero-order chi connectivity index (χ0) is 12.0. The first-order valence-electron chi connectivity index (χ1n) is 5.14. The first-order chi connectivity index (χ1) is 7.78. The van der Waals surface area contributed by atoms with Crippen LogP contribution in [-0.2, 0) is 6.42 Å². The van der Waals surface area contributed by atoms with Crippen LogP contribution in [0.4, 0.5) is 0 Å². The van der Waals surface area contributed by atoms with Gasteiger partial charge in [0.1, 0.15) is 18.2 Å². The van der Waals surface area contributed by atoms with Gasteiger partial charge in [-0.1, -0.05) is 19.4 Å². The fourth-order valence-electron chi connectivity index (χ4n) is 1.56. The largest absolute Gasteiger partial charge is 0.192 e. The fraction of sp³-hybridized carbons (Fsp3) is 0.308. The van der Waals surface area contributed by atoms with Gasteiger partial charge in [0, 0.05) is 0 Å². The van der Waals surface area contributed by atoms with Crippen molar-refractivity contribution < 1.29 is 0 Å². The van der Waals surface area contributed by atoms with Crippen molar-refractivity contribution >= 4 is 0 Å². The van der Waals surface area contributed by atoms with E-state index in [2.05, 4.69) is 6.92 Å². The number of unbranched alkanes of at least 4 members (excludes halogenated alkanes) is 1. The van der Waals surface area contributed by atoms with Crippen molar-refractivity contribution in [1.82, 2.24) is 0 Å². The van der Waals surface area contributed by atoms with Crippen molar-refractivity contribution in [2.24, 2.45) is 0 Å². The van der Waals surface area contributed by atoms with E-state index in [0.29, 0.717) is 5.56 Å². The first-order valence-corrected chi connectivity index (χ1v) is 5.14. The van der Waals surface area contributed by atoms with Crippen molar-refractivity contribution in [3.8, 4) is 18.2 Å². The van der Waals surface area contributed by atoms with Crippen molar-refractivity contribution in [3.05, 3.63) is 34.4 Å². The summed E-state index contributed by atoms with van der Waals surface area (Å²) in [6.45, 7) is 2.07. The lowest BCUT2D eigenvalue weighted by Gasteiger charge is -2.05. The van der Waals surface area contributed by atoms with E-state index in [0.717, 1.165) is 24.8 Å². The van der Waals surface area contributed by atoms with Gasteiger partial charge in [-0.25, -0.2) is 0 Å². The van der Waals surface area contributed by atoms with Crippen LogP contribution in [0.1, 0.15) is 42.0 Å². The molecule has 0 atom stereocenters. The summed E-state index contributed by atoms with van der Waals surface area (Å²) in [4.78, 5) is 0. The molecule has 78 valence electrons. The monoisotopic (exact) mass is 209 g/mol. The van der Waals surface area contributed by atoms with Crippen LogP contribution in [0.5, 0.6) is 0 Å². The molecule has 1 rings (SSSR count). The highest BCUT2D eigenvalue weighted by Crippen LogP contribution is 2.19. The zero-order valence-electron chi connectivity index (χ0n) is 9.12. The highest BCUT2D eigenvalue weighted by molar-refractivity contribution is 5.58. The number of aryl methyl sites for hydroxylation is 1. The second-order valence-corrected chi connectivity index (χ2v) is 3.46. The van der Waals surface area contributed by atoms with E-state index in [-0.39, 0.29) is 11.1 Å². The molecule has 0 saturated carbocycles. The van der Waals surface area contributed by atoms with E-state index in [9.17, 15) is 0 Å². The average molecular weight is 209 g/mol. The third-order valence-corrected chi connectivity index (χ3v) is 2.44. The van der Waals surface area contributed by atoms with Gasteiger partial charge in [0.2, 0.25) is 0 Å². The Morgan fingerprint density at radius 2 is 1.69 bits per heavy atom. The Morgan fingerprint density at radius 1 is 1.00 bits per heavy atom. The summed E-state index contributed by atoms with van der Waals surface area (Å²) in [5, 5.41) is 26.8. The normalized spacial score (nSPS) is 8.88. The van der Waals surface area contributed by atoms with Crippen LogP contribution in [-0.4, -0.2) is 0 Å². The lowest BCUT2D eigenvalue weighted by molar-refractivity contribution is 0.793. The second kappa shape index (κ2) is 5.54. The van der Waals surface area contributed by atoms with Crippen LogP contribution in [0.3, 0.4) is 0 Å². The van der Waals surface area contributed by atoms with Gasteiger partial charge >= 0.3 is 0 Å². The summed E-state index contributed by atoms with van der Waals surface area (Å²) >= 11 is 0. The third-order valence-electron chi connectivity index (χ3n) is 2.44. The van der Waals surface area contributed by atoms with Gasteiger partial charge in [-0.05, 0) is 24.5 Å². The highest BCUT2D eigenvalue weighted by atomic mass is 14.3. The number of nitrogens with zero attached hydrogens (tertiary/aromatic N) is 3. The Kier molecular flexibility index (Phi) is 4.07. The molecule has 0 fully saturated rings. The number of nitriles is 3. The fourth-order valence-corrected chi connectivity index (χ4v) is 1.56. The molecule has 0 N–H and O–H groups in total. The summed E-state index contributed by atoms with van der Waals surface area (Å²) in [7, 11) is 0. The van der Waals surface area contributed by atoms with Crippen LogP contribution >= 0.6 is 0 Å². The Labute approximate surface area is 95.2 Å². The molecule has 0 radical (unpaired) electrons. The van der Waals surface area contributed by atoms with Gasteiger partial charge in [0.15, 0.2) is 0 Å². The van der Waals surface area contributed by atoms with E-state index < -0.39 is 0 Å². The smallest absolute Gasteiger partial charge is 0.102 e. The third kappa shape index (κ3) is 2.19. The van der Waals surface area contributed by atoms with Gasteiger partial charge < -0.3 is 0 Å². The lowest BCUT2D eigenvalue weighted by Crippen LogP contribution is -1.97. The SMILES string of the molecule is CCCCc1ccc(C#N)c(C#N)c1C#N. The Morgan fingerprint density at radius 3 is 2.19 bits per heavy atom. The molecule has 3 nitrogen and oxygen atoms in total. The summed E-state index contributed by atoms with van der Waals surface area (Å²) in [6, 6.07) is 9.28. The zero-order valence-corrected chi connectivity index (χ0v) is 9.12. The van der Waals surface area contributed by atoms with E-state index >= 15 is 0 Å². The molecule has 0 saturated heterocycles. The van der Waals surface area contributed by atoms with Crippen molar-refractivity contribution in [2.45, 2.75) is 26.2 Å². The molecule has 1 aromatic rings. The molecule has 0 amide bonds. The van der Waals surface area contributed by atoms with Gasteiger partial charge in [-0.2, -0.15) is 15.8 Å². The minimum absolute atomic E-state index is 0.207. The van der Waals surface area contributed by atoms with Gasteiger partial charge in [0.25, 0.3) is 0 Å². The number of benzene rings is 1. The molecular formula is C13H11N3. The van der Waals surface area contributed by atoms with Crippen molar-refractivity contribution in [3.63, 3.8) is 0 Å². The second-order valence-electron chi connectivity index (χ2n) is 3.46. The molecule has 3 heteroatoms. The molecule has 0 aliphatic carbocycles. The molecule has 0 unspecified atom stereocenters. The van der Waals surface area contributed by atoms with Crippen LogP contribution in [0.15, 0.2) is 12.1 Å². The number of rotatable bonds is 3. The van der Waals surface area contributed by atoms with E-state index in [1.165, 1.54) is 0 Å². The molecule has 1 aromatic carbocycles. The molecule has 16 heavy (non-hydrogen) atoms. The summed E-state index contributed by atoms with van der Waals surface area (Å²) < 4.78 is 0. The lowest BCUT2D eigenvalue weighted by atomic mass is 9.95. The minimum Gasteiger partial charge on any atom is -0.192 e. The van der Waals surface area contributed by atoms with Crippen LogP contribution in [0, 0.1) is 34.0 Å². The molecule has 0 heterocycles. The predicted octanol–water partition coefficient (Wildman–Crippen LogP) is 2.64. The maximum atomic E-state index is 9.04. The van der Waals surface area contributed by atoms with Crippen LogP contribution < -0.4 is 0 Å². The maximum Gasteiger partial charge on any atom is 0.102 e. The number of hydrogen-bond acceptors (Lipinski definition) is 3. The van der Waals surface area contributed by atoms with Gasteiger partial charge in [-0.3, -0.25) is 0 Å². The predicted molar refractivity (Wildman–Crippen MR) is 59.2 cm³/mol. The van der Waals surface area contributed by atoms with Crippen molar-refractivity contribution in [2.75, 3.05) is 0 Å². The number of hydrogen-bond donors (Lipinski definition) is 0. The molecule has 0 aliphatic rings. The van der Waals surface area contributed by atoms with Crippen molar-refractivity contribution in [1.29, 1.82) is 15.8 Å². The van der Waals surface area contributed by atoms with E-state index in [4.69, 9.17) is 15.8 Å². The van der Waals surface area contributed by atoms with Crippen LogP contribution in [0.25, 0.3) is 0 Å². The molecule has 0 spiro atoms. The van der Waals surface area contributed by atoms with Crippen LogP contribution in [0.2, 0.25) is 0 Å². The minimum atomic E-state index is 0.207. The topological polar surface area (TPSA) is 71.4 Å². The quantitative estimate of drug-likeness (QED) is 0.768. The standard InChI is InChI=1S/C13H11N3/c1-2-3-4-10-5-6-11(7-14)13(9-16)12(10)8-15/h5-6H,2-4H2,1H3.